The first-order chi connectivity index (χ1) is 7.15. The van der Waals surface area contributed by atoms with Gasteiger partial charge in [0, 0.05) is 5.56 Å². The monoisotopic (exact) mass is 228 g/mol. The van der Waals surface area contributed by atoms with E-state index in [1.165, 1.54) is 18.2 Å². The van der Waals surface area contributed by atoms with E-state index >= 15 is 0 Å². The summed E-state index contributed by atoms with van der Waals surface area (Å²) in [5.74, 6) is -1.08. The molecule has 0 saturated heterocycles. The molecule has 80 valence electrons. The van der Waals surface area contributed by atoms with Crippen molar-refractivity contribution >= 4 is 23.6 Å². The summed E-state index contributed by atoms with van der Waals surface area (Å²) in [6.07, 6.45) is 1.24. The molecule has 0 unspecified atom stereocenters. The van der Waals surface area contributed by atoms with Crippen LogP contribution in [0.5, 0.6) is 0 Å². The average Bonchev–Trinajstić information content (AvgIpc) is 2.21. The van der Waals surface area contributed by atoms with Crippen molar-refractivity contribution in [1.82, 2.24) is 0 Å². The first kappa shape index (κ1) is 11.7. The van der Waals surface area contributed by atoms with Gasteiger partial charge >= 0.3 is 5.97 Å². The van der Waals surface area contributed by atoms with Gasteiger partial charge in [-0.05, 0) is 19.1 Å². The predicted molar refractivity (Wildman–Crippen MR) is 56.9 cm³/mol. The number of benzene rings is 1. The number of carbonyl (C=O) groups excluding carboxylic acids is 1. The van der Waals surface area contributed by atoms with Gasteiger partial charge in [-0.15, -0.1) is 0 Å². The second kappa shape index (κ2) is 5.51. The van der Waals surface area contributed by atoms with E-state index in [4.69, 9.17) is 11.6 Å². The van der Waals surface area contributed by atoms with Crippen LogP contribution in [-0.4, -0.2) is 12.6 Å². The van der Waals surface area contributed by atoms with Crippen LogP contribution < -0.4 is 0 Å². The topological polar surface area (TPSA) is 26.3 Å². The van der Waals surface area contributed by atoms with Gasteiger partial charge in [-0.2, -0.15) is 0 Å². The molecule has 0 aliphatic heterocycles. The van der Waals surface area contributed by atoms with Gasteiger partial charge in [0.15, 0.2) is 0 Å². The molecule has 1 aromatic rings. The second-order valence-corrected chi connectivity index (χ2v) is 3.14. The number of ether oxygens (including phenoxy) is 1. The van der Waals surface area contributed by atoms with Crippen LogP contribution in [0.1, 0.15) is 12.5 Å². The molecule has 0 N–H and O–H groups in total. The number of esters is 1. The lowest BCUT2D eigenvalue weighted by molar-refractivity contribution is -0.137. The lowest BCUT2D eigenvalue weighted by atomic mass is 10.2. The van der Waals surface area contributed by atoms with Crippen molar-refractivity contribution in [2.75, 3.05) is 6.61 Å². The quantitative estimate of drug-likeness (QED) is 0.587. The Morgan fingerprint density at radius 2 is 2.20 bits per heavy atom. The van der Waals surface area contributed by atoms with Gasteiger partial charge in [-0.1, -0.05) is 29.8 Å². The van der Waals surface area contributed by atoms with Crippen molar-refractivity contribution in [3.8, 4) is 0 Å². The van der Waals surface area contributed by atoms with Crippen LogP contribution in [0.25, 0.3) is 6.08 Å². The Labute approximate surface area is 92.3 Å². The first-order valence-corrected chi connectivity index (χ1v) is 4.81. The maximum atomic E-state index is 13.1. The van der Waals surface area contributed by atoms with Gasteiger partial charge in [-0.3, -0.25) is 0 Å². The van der Waals surface area contributed by atoms with E-state index in [1.807, 2.05) is 0 Å². The zero-order chi connectivity index (χ0) is 11.3. The molecule has 2 nitrogen and oxygen atoms in total. The van der Waals surface area contributed by atoms with Crippen LogP contribution in [0.2, 0.25) is 0 Å². The fraction of sp³-hybridized carbons (Fsp3) is 0.182. The van der Waals surface area contributed by atoms with E-state index in [-0.39, 0.29) is 17.2 Å². The minimum absolute atomic E-state index is 0.137. The zero-order valence-corrected chi connectivity index (χ0v) is 8.92. The first-order valence-electron chi connectivity index (χ1n) is 4.44. The third-order valence-electron chi connectivity index (χ3n) is 1.66. The maximum Gasteiger partial charge on any atom is 0.349 e. The summed E-state index contributed by atoms with van der Waals surface area (Å²) in [6, 6.07) is 6.03. The minimum Gasteiger partial charge on any atom is -0.462 e. The fourth-order valence-electron chi connectivity index (χ4n) is 0.988. The molecule has 0 fully saturated rings. The fourth-order valence-corrected chi connectivity index (χ4v) is 1.16. The standard InChI is InChI=1S/C11H10ClFO2/c1-2-15-11(14)9(12)7-8-5-3-4-6-10(8)13/h3-7H,2H2,1H3. The zero-order valence-electron chi connectivity index (χ0n) is 8.17. The summed E-state index contributed by atoms with van der Waals surface area (Å²) < 4.78 is 17.8. The molecule has 1 rings (SSSR count). The van der Waals surface area contributed by atoms with Gasteiger partial charge in [0.1, 0.15) is 10.8 Å². The van der Waals surface area contributed by atoms with Gasteiger partial charge in [0.2, 0.25) is 0 Å². The Bertz CT molecular complexity index is 388. The Hall–Kier alpha value is -1.35. The van der Waals surface area contributed by atoms with E-state index in [1.54, 1.807) is 19.1 Å². The van der Waals surface area contributed by atoms with Crippen molar-refractivity contribution in [1.29, 1.82) is 0 Å². The second-order valence-electron chi connectivity index (χ2n) is 2.73. The van der Waals surface area contributed by atoms with Crippen LogP contribution in [0.4, 0.5) is 4.39 Å². The summed E-state index contributed by atoms with van der Waals surface area (Å²) >= 11 is 5.64. The lowest BCUT2D eigenvalue weighted by Gasteiger charge is -2.00. The minimum atomic E-state index is -0.651. The molecule has 0 spiro atoms. The number of hydrogen-bond donors (Lipinski definition) is 0. The summed E-state index contributed by atoms with van der Waals surface area (Å²) in [7, 11) is 0. The van der Waals surface area contributed by atoms with Crippen molar-refractivity contribution in [2.45, 2.75) is 6.92 Å². The van der Waals surface area contributed by atoms with Gasteiger partial charge in [0.05, 0.1) is 6.61 Å². The molecule has 0 aliphatic rings. The Morgan fingerprint density at radius 3 is 2.80 bits per heavy atom. The maximum absolute atomic E-state index is 13.1. The van der Waals surface area contributed by atoms with E-state index in [2.05, 4.69) is 4.74 Å². The molecule has 0 aromatic heterocycles. The molecule has 0 heterocycles. The third-order valence-corrected chi connectivity index (χ3v) is 1.92. The van der Waals surface area contributed by atoms with E-state index in [0.717, 1.165) is 0 Å². The van der Waals surface area contributed by atoms with Crippen molar-refractivity contribution in [3.63, 3.8) is 0 Å². The van der Waals surface area contributed by atoms with Crippen LogP contribution >= 0.6 is 11.6 Å². The number of carbonyl (C=O) groups is 1. The van der Waals surface area contributed by atoms with E-state index in [9.17, 15) is 9.18 Å². The molecule has 1 aromatic carbocycles. The molecule has 0 aliphatic carbocycles. The van der Waals surface area contributed by atoms with Crippen molar-refractivity contribution in [3.05, 3.63) is 40.7 Å². The molecule has 0 atom stereocenters. The number of rotatable bonds is 3. The molecular weight excluding hydrogens is 219 g/mol. The summed E-state index contributed by atoms with van der Waals surface area (Å²) in [5.41, 5.74) is 0.260. The highest BCUT2D eigenvalue weighted by atomic mass is 35.5. The summed E-state index contributed by atoms with van der Waals surface area (Å²) in [5, 5.41) is -0.137. The number of hydrogen-bond acceptors (Lipinski definition) is 2. The van der Waals surface area contributed by atoms with Crippen LogP contribution in [0, 0.1) is 5.82 Å². The van der Waals surface area contributed by atoms with Crippen LogP contribution in [0.15, 0.2) is 29.3 Å². The predicted octanol–water partition coefficient (Wildman–Crippen LogP) is 2.97. The van der Waals surface area contributed by atoms with Gasteiger partial charge in [0.25, 0.3) is 0 Å². The molecule has 0 radical (unpaired) electrons. The molecule has 4 heteroatoms. The van der Waals surface area contributed by atoms with Crippen molar-refractivity contribution in [2.24, 2.45) is 0 Å². The van der Waals surface area contributed by atoms with E-state index < -0.39 is 11.8 Å². The van der Waals surface area contributed by atoms with Crippen LogP contribution in [-0.2, 0) is 9.53 Å². The Kier molecular flexibility index (Phi) is 4.31. The van der Waals surface area contributed by atoms with Gasteiger partial charge < -0.3 is 4.74 Å². The molecule has 0 amide bonds. The molecular formula is C11H10ClFO2. The highest BCUT2D eigenvalue weighted by Gasteiger charge is 2.08. The van der Waals surface area contributed by atoms with Crippen molar-refractivity contribution < 1.29 is 13.9 Å². The van der Waals surface area contributed by atoms with Gasteiger partial charge in [-0.25, -0.2) is 9.18 Å². The van der Waals surface area contributed by atoms with Crippen LogP contribution in [0.3, 0.4) is 0 Å². The third kappa shape index (κ3) is 3.36. The Morgan fingerprint density at radius 1 is 1.53 bits per heavy atom. The highest BCUT2D eigenvalue weighted by Crippen LogP contribution is 2.14. The Balaban J connectivity index is 2.88. The summed E-state index contributed by atoms with van der Waals surface area (Å²) in [6.45, 7) is 1.91. The molecule has 0 bridgehead atoms. The SMILES string of the molecule is CCOC(=O)C(Cl)=Cc1ccccc1F. The average molecular weight is 229 g/mol. The van der Waals surface area contributed by atoms with E-state index in [0.29, 0.717) is 0 Å². The highest BCUT2D eigenvalue weighted by molar-refractivity contribution is 6.43. The normalized spacial score (nSPS) is 11.3. The lowest BCUT2D eigenvalue weighted by Crippen LogP contribution is -2.03. The number of halogens is 2. The molecule has 0 saturated carbocycles. The molecule has 15 heavy (non-hydrogen) atoms. The largest absolute Gasteiger partial charge is 0.462 e. The summed E-state index contributed by atoms with van der Waals surface area (Å²) in [4.78, 5) is 11.1. The smallest absolute Gasteiger partial charge is 0.349 e.